The van der Waals surface area contributed by atoms with E-state index in [-0.39, 0.29) is 5.91 Å². The number of rotatable bonds is 4. The van der Waals surface area contributed by atoms with Crippen molar-refractivity contribution in [1.29, 1.82) is 0 Å². The number of aryl methyl sites for hydroxylation is 1. The maximum atomic E-state index is 12.6. The number of hydrogen-bond donors (Lipinski definition) is 1. The number of unbranched alkanes of at least 4 members (excludes halogenated alkanes) is 1. The van der Waals surface area contributed by atoms with Crippen molar-refractivity contribution in [3.8, 4) is 0 Å². The van der Waals surface area contributed by atoms with Crippen LogP contribution >= 0.6 is 0 Å². The first-order valence-electron chi connectivity index (χ1n) is 7.53. The van der Waals surface area contributed by atoms with Crippen molar-refractivity contribution >= 4 is 17.3 Å². The Morgan fingerprint density at radius 3 is 2.62 bits per heavy atom. The molecule has 0 aliphatic carbocycles. The molecule has 1 amide bonds. The highest BCUT2D eigenvalue weighted by molar-refractivity contribution is 6.11. The highest BCUT2D eigenvalue weighted by Crippen LogP contribution is 2.26. The van der Waals surface area contributed by atoms with Gasteiger partial charge in [-0.15, -0.1) is 0 Å². The predicted octanol–water partition coefficient (Wildman–Crippen LogP) is 4.06. The lowest BCUT2D eigenvalue weighted by atomic mass is 10.1. The normalized spacial score (nSPS) is 13.8. The fourth-order valence-electron chi connectivity index (χ4n) is 2.64. The van der Waals surface area contributed by atoms with E-state index in [0.717, 1.165) is 23.4 Å². The summed E-state index contributed by atoms with van der Waals surface area (Å²) in [5.74, 6) is 0.0608. The van der Waals surface area contributed by atoms with Crippen molar-refractivity contribution < 1.29 is 4.79 Å². The molecule has 0 radical (unpaired) electrons. The van der Waals surface area contributed by atoms with Crippen molar-refractivity contribution in [2.45, 2.75) is 26.2 Å². The summed E-state index contributed by atoms with van der Waals surface area (Å²) in [5, 5.41) is 3.30. The molecule has 1 aliphatic rings. The van der Waals surface area contributed by atoms with Gasteiger partial charge in [-0.3, -0.25) is 9.69 Å². The number of para-hydroxylation sites is 1. The largest absolute Gasteiger partial charge is 0.367 e. The highest BCUT2D eigenvalue weighted by Gasteiger charge is 2.24. The Hall–Kier alpha value is -2.29. The summed E-state index contributed by atoms with van der Waals surface area (Å²) < 4.78 is 0. The summed E-state index contributed by atoms with van der Waals surface area (Å²) in [5.41, 5.74) is 3.93. The molecule has 0 saturated heterocycles. The van der Waals surface area contributed by atoms with Gasteiger partial charge in [0.1, 0.15) is 0 Å². The molecule has 3 rings (SSSR count). The Bertz CT molecular complexity index is 634. The van der Waals surface area contributed by atoms with Crippen molar-refractivity contribution in [3.63, 3.8) is 0 Å². The maximum Gasteiger partial charge on any atom is 0.261 e. The summed E-state index contributed by atoms with van der Waals surface area (Å²) in [7, 11) is 0. The van der Waals surface area contributed by atoms with Gasteiger partial charge in [-0.2, -0.15) is 0 Å². The summed E-state index contributed by atoms with van der Waals surface area (Å²) in [6.45, 7) is 2.72. The molecular formula is C18H20N2O. The van der Waals surface area contributed by atoms with Gasteiger partial charge in [0.05, 0.1) is 12.2 Å². The van der Waals surface area contributed by atoms with E-state index >= 15 is 0 Å². The molecule has 2 aromatic carbocycles. The van der Waals surface area contributed by atoms with Gasteiger partial charge >= 0.3 is 0 Å². The highest BCUT2D eigenvalue weighted by atomic mass is 16.2. The topological polar surface area (TPSA) is 32.3 Å². The standard InChI is InChI=1S/C18H20N2O/c1-2-3-6-14-9-11-15(12-10-14)20-13-19-17-8-5-4-7-16(17)18(20)21/h4-5,7-12,19H,2-3,6,13H2,1H3. The molecule has 0 atom stereocenters. The Kier molecular flexibility index (Phi) is 3.91. The molecule has 21 heavy (non-hydrogen) atoms. The van der Waals surface area contributed by atoms with E-state index in [4.69, 9.17) is 0 Å². The van der Waals surface area contributed by atoms with Crippen LogP contribution in [0, 0.1) is 0 Å². The smallest absolute Gasteiger partial charge is 0.261 e. The molecule has 0 spiro atoms. The second-order valence-electron chi connectivity index (χ2n) is 5.38. The molecule has 3 nitrogen and oxygen atoms in total. The summed E-state index contributed by atoms with van der Waals surface area (Å²) in [4.78, 5) is 14.3. The maximum absolute atomic E-state index is 12.6. The van der Waals surface area contributed by atoms with E-state index in [1.807, 2.05) is 36.4 Å². The quantitative estimate of drug-likeness (QED) is 0.916. The molecule has 1 heterocycles. The van der Waals surface area contributed by atoms with E-state index in [9.17, 15) is 4.79 Å². The zero-order valence-corrected chi connectivity index (χ0v) is 12.3. The third kappa shape index (κ3) is 2.77. The number of anilines is 2. The Morgan fingerprint density at radius 1 is 1.10 bits per heavy atom. The molecule has 0 aromatic heterocycles. The molecule has 0 unspecified atom stereocenters. The molecule has 2 aromatic rings. The van der Waals surface area contributed by atoms with Gasteiger partial charge in [-0.1, -0.05) is 37.6 Å². The van der Waals surface area contributed by atoms with Crippen LogP contribution < -0.4 is 10.2 Å². The van der Waals surface area contributed by atoms with E-state index < -0.39 is 0 Å². The van der Waals surface area contributed by atoms with E-state index in [2.05, 4.69) is 24.4 Å². The number of benzene rings is 2. The van der Waals surface area contributed by atoms with Crippen LogP contribution in [0.1, 0.15) is 35.7 Å². The third-order valence-corrected chi connectivity index (χ3v) is 3.90. The minimum absolute atomic E-state index is 0.0608. The van der Waals surface area contributed by atoms with Gasteiger partial charge in [0.25, 0.3) is 5.91 Å². The fourth-order valence-corrected chi connectivity index (χ4v) is 2.64. The number of nitrogens with zero attached hydrogens (tertiary/aromatic N) is 1. The van der Waals surface area contributed by atoms with Gasteiger partial charge in [-0.05, 0) is 42.7 Å². The zero-order valence-electron chi connectivity index (χ0n) is 12.3. The summed E-state index contributed by atoms with van der Waals surface area (Å²) in [6, 6.07) is 16.0. The average molecular weight is 280 g/mol. The molecular weight excluding hydrogens is 260 g/mol. The second kappa shape index (κ2) is 6.00. The molecule has 0 fully saturated rings. The first-order chi connectivity index (χ1) is 10.3. The van der Waals surface area contributed by atoms with E-state index in [0.29, 0.717) is 6.67 Å². The van der Waals surface area contributed by atoms with Crippen LogP contribution in [-0.4, -0.2) is 12.6 Å². The number of carbonyl (C=O) groups is 1. The first-order valence-corrected chi connectivity index (χ1v) is 7.53. The van der Waals surface area contributed by atoms with Crippen LogP contribution in [0.25, 0.3) is 0 Å². The zero-order chi connectivity index (χ0) is 14.7. The van der Waals surface area contributed by atoms with Crippen LogP contribution in [0.3, 0.4) is 0 Å². The van der Waals surface area contributed by atoms with Crippen LogP contribution in [0.15, 0.2) is 48.5 Å². The monoisotopic (exact) mass is 280 g/mol. The summed E-state index contributed by atoms with van der Waals surface area (Å²) >= 11 is 0. The minimum Gasteiger partial charge on any atom is -0.367 e. The van der Waals surface area contributed by atoms with Crippen LogP contribution in [0.2, 0.25) is 0 Å². The van der Waals surface area contributed by atoms with Gasteiger partial charge in [0, 0.05) is 11.4 Å². The van der Waals surface area contributed by atoms with Crippen LogP contribution in [0.5, 0.6) is 0 Å². The van der Waals surface area contributed by atoms with E-state index in [1.54, 1.807) is 4.90 Å². The molecule has 1 N–H and O–H groups in total. The molecule has 108 valence electrons. The first kappa shape index (κ1) is 13.7. The SMILES string of the molecule is CCCCc1ccc(N2CNc3ccccc3C2=O)cc1. The molecule has 1 aliphatic heterocycles. The third-order valence-electron chi connectivity index (χ3n) is 3.90. The lowest BCUT2D eigenvalue weighted by Gasteiger charge is -2.29. The second-order valence-corrected chi connectivity index (χ2v) is 5.38. The van der Waals surface area contributed by atoms with Crippen molar-refractivity contribution in [2.75, 3.05) is 16.9 Å². The molecule has 3 heteroatoms. The number of nitrogens with one attached hydrogen (secondary N) is 1. The Morgan fingerprint density at radius 2 is 1.86 bits per heavy atom. The number of carbonyl (C=O) groups excluding carboxylic acids is 1. The van der Waals surface area contributed by atoms with Crippen molar-refractivity contribution in [1.82, 2.24) is 0 Å². The molecule has 0 bridgehead atoms. The molecule has 0 saturated carbocycles. The Balaban J connectivity index is 1.80. The minimum atomic E-state index is 0.0608. The Labute approximate surface area is 125 Å². The van der Waals surface area contributed by atoms with Crippen molar-refractivity contribution in [2.24, 2.45) is 0 Å². The lowest BCUT2D eigenvalue weighted by Crippen LogP contribution is -2.39. The van der Waals surface area contributed by atoms with Crippen LogP contribution in [-0.2, 0) is 6.42 Å². The fraction of sp³-hybridized carbons (Fsp3) is 0.278. The van der Waals surface area contributed by atoms with Gasteiger partial charge in [0.2, 0.25) is 0 Å². The summed E-state index contributed by atoms with van der Waals surface area (Å²) in [6.07, 6.45) is 3.51. The number of fused-ring (bicyclic) bond motifs is 1. The predicted molar refractivity (Wildman–Crippen MR) is 86.8 cm³/mol. The number of amides is 1. The van der Waals surface area contributed by atoms with Gasteiger partial charge < -0.3 is 5.32 Å². The lowest BCUT2D eigenvalue weighted by molar-refractivity contribution is 0.0986. The van der Waals surface area contributed by atoms with E-state index in [1.165, 1.54) is 18.4 Å². The average Bonchev–Trinajstić information content (AvgIpc) is 2.54. The number of hydrogen-bond acceptors (Lipinski definition) is 2. The van der Waals surface area contributed by atoms with Gasteiger partial charge in [0.15, 0.2) is 0 Å². The van der Waals surface area contributed by atoms with Gasteiger partial charge in [-0.25, -0.2) is 0 Å². The van der Waals surface area contributed by atoms with Crippen molar-refractivity contribution in [3.05, 3.63) is 59.7 Å². The van der Waals surface area contributed by atoms with Crippen LogP contribution in [0.4, 0.5) is 11.4 Å².